The standard InChI is InChI=1S/C16H8BrClS/c17-15-12(18)7-8-13-14(15)11-6-5-9-3-1-2-4-10(9)16(11)19-13/h1-8H. The van der Waals surface area contributed by atoms with E-state index in [0.29, 0.717) is 0 Å². The van der Waals surface area contributed by atoms with Gasteiger partial charge in [0.1, 0.15) is 0 Å². The summed E-state index contributed by atoms with van der Waals surface area (Å²) in [7, 11) is 0. The second-order valence-electron chi connectivity index (χ2n) is 4.50. The highest BCUT2D eigenvalue weighted by molar-refractivity contribution is 9.10. The Morgan fingerprint density at radius 1 is 0.895 bits per heavy atom. The molecular formula is C16H8BrClS. The van der Waals surface area contributed by atoms with Crippen molar-refractivity contribution in [3.8, 4) is 0 Å². The van der Waals surface area contributed by atoms with Gasteiger partial charge in [-0.2, -0.15) is 0 Å². The highest BCUT2D eigenvalue weighted by Crippen LogP contribution is 2.43. The van der Waals surface area contributed by atoms with Crippen LogP contribution in [0.15, 0.2) is 53.0 Å². The van der Waals surface area contributed by atoms with Crippen LogP contribution in [0.3, 0.4) is 0 Å². The van der Waals surface area contributed by atoms with Crippen LogP contribution >= 0.6 is 38.9 Å². The zero-order valence-corrected chi connectivity index (χ0v) is 12.9. The first-order valence-corrected chi connectivity index (χ1v) is 7.92. The monoisotopic (exact) mass is 346 g/mol. The van der Waals surface area contributed by atoms with Gasteiger partial charge in [0.25, 0.3) is 0 Å². The van der Waals surface area contributed by atoms with Crippen LogP contribution in [-0.4, -0.2) is 0 Å². The Balaban J connectivity index is 2.32. The molecule has 0 saturated heterocycles. The van der Waals surface area contributed by atoms with Gasteiger partial charge in [0.2, 0.25) is 0 Å². The average molecular weight is 348 g/mol. The average Bonchev–Trinajstić information content (AvgIpc) is 2.82. The van der Waals surface area contributed by atoms with Gasteiger partial charge in [-0.15, -0.1) is 11.3 Å². The van der Waals surface area contributed by atoms with E-state index in [1.807, 2.05) is 17.4 Å². The predicted octanol–water partition coefficient (Wildman–Crippen LogP) is 6.62. The zero-order valence-electron chi connectivity index (χ0n) is 9.78. The predicted molar refractivity (Wildman–Crippen MR) is 89.5 cm³/mol. The highest BCUT2D eigenvalue weighted by Gasteiger charge is 2.12. The fourth-order valence-corrected chi connectivity index (χ4v) is 4.62. The number of thiophene rings is 1. The third kappa shape index (κ3) is 1.64. The minimum atomic E-state index is 0.764. The van der Waals surface area contributed by atoms with Crippen molar-refractivity contribution in [1.29, 1.82) is 0 Å². The van der Waals surface area contributed by atoms with Gasteiger partial charge in [0.05, 0.1) is 5.02 Å². The van der Waals surface area contributed by atoms with E-state index in [0.717, 1.165) is 9.50 Å². The minimum absolute atomic E-state index is 0.764. The molecular weight excluding hydrogens is 340 g/mol. The van der Waals surface area contributed by atoms with Gasteiger partial charge in [-0.3, -0.25) is 0 Å². The van der Waals surface area contributed by atoms with Crippen LogP contribution in [0.1, 0.15) is 0 Å². The molecule has 0 spiro atoms. The lowest BCUT2D eigenvalue weighted by Crippen LogP contribution is -1.74. The fraction of sp³-hybridized carbons (Fsp3) is 0. The van der Waals surface area contributed by atoms with Crippen LogP contribution in [0.2, 0.25) is 5.02 Å². The summed E-state index contributed by atoms with van der Waals surface area (Å²) in [6.07, 6.45) is 0. The van der Waals surface area contributed by atoms with Gasteiger partial charge in [0, 0.05) is 24.6 Å². The maximum Gasteiger partial charge on any atom is 0.0555 e. The van der Waals surface area contributed by atoms with Crippen molar-refractivity contribution in [1.82, 2.24) is 0 Å². The number of benzene rings is 3. The molecule has 4 aromatic rings. The molecule has 0 saturated carbocycles. The van der Waals surface area contributed by atoms with Crippen molar-refractivity contribution in [3.63, 3.8) is 0 Å². The Kier molecular flexibility index (Phi) is 2.59. The molecule has 19 heavy (non-hydrogen) atoms. The highest BCUT2D eigenvalue weighted by atomic mass is 79.9. The quantitative estimate of drug-likeness (QED) is 0.335. The Morgan fingerprint density at radius 2 is 1.74 bits per heavy atom. The normalized spacial score (nSPS) is 11.7. The van der Waals surface area contributed by atoms with E-state index in [-0.39, 0.29) is 0 Å². The number of hydrogen-bond donors (Lipinski definition) is 0. The van der Waals surface area contributed by atoms with Crippen LogP contribution in [0.4, 0.5) is 0 Å². The number of fused-ring (bicyclic) bond motifs is 5. The van der Waals surface area contributed by atoms with Gasteiger partial charge in [-0.25, -0.2) is 0 Å². The molecule has 3 aromatic carbocycles. The topological polar surface area (TPSA) is 0 Å². The molecule has 0 amide bonds. The molecule has 0 unspecified atom stereocenters. The van der Waals surface area contributed by atoms with Crippen molar-refractivity contribution in [2.45, 2.75) is 0 Å². The summed E-state index contributed by atoms with van der Waals surface area (Å²) in [6.45, 7) is 0. The van der Waals surface area contributed by atoms with Crippen LogP contribution in [0.5, 0.6) is 0 Å². The van der Waals surface area contributed by atoms with Gasteiger partial charge in [-0.1, -0.05) is 48.0 Å². The molecule has 0 aliphatic heterocycles. The summed E-state index contributed by atoms with van der Waals surface area (Å²) in [5, 5.41) is 5.85. The van der Waals surface area contributed by atoms with E-state index < -0.39 is 0 Å². The summed E-state index contributed by atoms with van der Waals surface area (Å²) in [4.78, 5) is 0. The van der Waals surface area contributed by atoms with Gasteiger partial charge >= 0.3 is 0 Å². The second kappa shape index (κ2) is 4.20. The molecule has 3 heteroatoms. The van der Waals surface area contributed by atoms with Gasteiger partial charge < -0.3 is 0 Å². The molecule has 0 atom stereocenters. The van der Waals surface area contributed by atoms with Crippen LogP contribution in [0, 0.1) is 0 Å². The lowest BCUT2D eigenvalue weighted by atomic mass is 10.1. The van der Waals surface area contributed by atoms with Gasteiger partial charge in [0.15, 0.2) is 0 Å². The zero-order chi connectivity index (χ0) is 13.0. The molecule has 0 N–H and O–H groups in total. The third-order valence-electron chi connectivity index (χ3n) is 3.42. The molecule has 1 heterocycles. The minimum Gasteiger partial charge on any atom is -0.134 e. The summed E-state index contributed by atoms with van der Waals surface area (Å²) in [6, 6.07) is 16.9. The van der Waals surface area contributed by atoms with Crippen molar-refractivity contribution in [2.24, 2.45) is 0 Å². The molecule has 0 fully saturated rings. The smallest absolute Gasteiger partial charge is 0.0555 e. The van der Waals surface area contributed by atoms with E-state index in [4.69, 9.17) is 11.6 Å². The SMILES string of the molecule is Clc1ccc2sc3c4ccccc4ccc3c2c1Br. The molecule has 1 aromatic heterocycles. The van der Waals surface area contributed by atoms with Crippen LogP contribution in [-0.2, 0) is 0 Å². The molecule has 92 valence electrons. The lowest BCUT2D eigenvalue weighted by molar-refractivity contribution is 1.78. The first-order valence-electron chi connectivity index (χ1n) is 5.93. The van der Waals surface area contributed by atoms with E-state index in [2.05, 4.69) is 58.4 Å². The maximum absolute atomic E-state index is 6.22. The largest absolute Gasteiger partial charge is 0.134 e. The summed E-state index contributed by atoms with van der Waals surface area (Å²) in [5.74, 6) is 0. The maximum atomic E-state index is 6.22. The molecule has 0 aliphatic carbocycles. The molecule has 0 nitrogen and oxygen atoms in total. The third-order valence-corrected chi connectivity index (χ3v) is 5.99. The summed E-state index contributed by atoms with van der Waals surface area (Å²) >= 11 is 11.7. The van der Waals surface area contributed by atoms with Crippen molar-refractivity contribution < 1.29 is 0 Å². The first-order chi connectivity index (χ1) is 9.25. The van der Waals surface area contributed by atoms with Crippen LogP contribution < -0.4 is 0 Å². The van der Waals surface area contributed by atoms with Crippen molar-refractivity contribution >= 4 is 69.8 Å². The molecule has 0 aliphatic rings. The molecule has 0 bridgehead atoms. The molecule has 0 radical (unpaired) electrons. The molecule has 4 rings (SSSR count). The van der Waals surface area contributed by atoms with Crippen LogP contribution in [0.25, 0.3) is 30.9 Å². The Labute approximate surface area is 127 Å². The number of hydrogen-bond acceptors (Lipinski definition) is 1. The van der Waals surface area contributed by atoms with E-state index >= 15 is 0 Å². The van der Waals surface area contributed by atoms with E-state index in [1.165, 1.54) is 30.9 Å². The Morgan fingerprint density at radius 3 is 2.63 bits per heavy atom. The van der Waals surface area contributed by atoms with E-state index in [1.54, 1.807) is 0 Å². The number of halogens is 2. The number of rotatable bonds is 0. The fourth-order valence-electron chi connectivity index (χ4n) is 2.53. The second-order valence-corrected chi connectivity index (χ2v) is 6.75. The van der Waals surface area contributed by atoms with Crippen molar-refractivity contribution in [3.05, 3.63) is 58.0 Å². The first kappa shape index (κ1) is 11.7. The van der Waals surface area contributed by atoms with E-state index in [9.17, 15) is 0 Å². The van der Waals surface area contributed by atoms with Gasteiger partial charge in [-0.05, 0) is 38.8 Å². The lowest BCUT2D eigenvalue weighted by Gasteiger charge is -2.00. The van der Waals surface area contributed by atoms with Crippen molar-refractivity contribution in [2.75, 3.05) is 0 Å². The Hall–Kier alpha value is -1.09. The Bertz CT molecular complexity index is 940. The summed E-state index contributed by atoms with van der Waals surface area (Å²) in [5.41, 5.74) is 0. The summed E-state index contributed by atoms with van der Waals surface area (Å²) < 4.78 is 3.59.